The highest BCUT2D eigenvalue weighted by Crippen LogP contribution is 2.24. The topological polar surface area (TPSA) is 18.5 Å². The van der Waals surface area contributed by atoms with Crippen LogP contribution in [-0.4, -0.2) is 16.6 Å². The SMILES string of the molecule is C=[13CH]C(/[13CH]=C\c1ccc(O[Si](C)(C)C)cc1)c1ccc(O[Si](C)(C)C)cc1. The average molecular weight is 399 g/mol. The van der Waals surface area contributed by atoms with E-state index < -0.39 is 16.6 Å². The number of hydrogen-bond donors (Lipinski definition) is 0. The Labute approximate surface area is 166 Å². The largest absolute Gasteiger partial charge is 0.544 e. The maximum atomic E-state index is 6.03. The van der Waals surface area contributed by atoms with E-state index in [9.17, 15) is 0 Å². The summed E-state index contributed by atoms with van der Waals surface area (Å²) in [6.07, 6.45) is 6.28. The van der Waals surface area contributed by atoms with Crippen LogP contribution in [-0.2, 0) is 0 Å². The molecule has 4 heteroatoms. The van der Waals surface area contributed by atoms with Gasteiger partial charge in [-0.3, -0.25) is 0 Å². The summed E-state index contributed by atoms with van der Waals surface area (Å²) in [4.78, 5) is 0. The summed E-state index contributed by atoms with van der Waals surface area (Å²) >= 11 is 0. The van der Waals surface area contributed by atoms with Crippen molar-refractivity contribution < 1.29 is 8.85 Å². The van der Waals surface area contributed by atoms with Crippen molar-refractivity contribution in [1.29, 1.82) is 0 Å². The van der Waals surface area contributed by atoms with Crippen LogP contribution >= 0.6 is 0 Å². The second-order valence-electron chi connectivity index (χ2n) is 8.69. The maximum absolute atomic E-state index is 6.03. The van der Waals surface area contributed by atoms with E-state index in [2.05, 4.69) is 94.4 Å². The van der Waals surface area contributed by atoms with Crippen molar-refractivity contribution in [3.8, 4) is 11.5 Å². The lowest BCUT2D eigenvalue weighted by molar-refractivity contribution is 0.557. The van der Waals surface area contributed by atoms with Gasteiger partial charge >= 0.3 is 0 Å². The summed E-state index contributed by atoms with van der Waals surface area (Å²) in [5, 5.41) is 0. The minimum atomic E-state index is -1.57. The zero-order chi connectivity index (χ0) is 20.1. The van der Waals surface area contributed by atoms with Crippen LogP contribution in [0.5, 0.6) is 11.5 Å². The summed E-state index contributed by atoms with van der Waals surface area (Å²) < 4.78 is 12.0. The average Bonchev–Trinajstić information content (AvgIpc) is 2.55. The molecule has 0 saturated heterocycles. The Morgan fingerprint density at radius 1 is 0.741 bits per heavy atom. The van der Waals surface area contributed by atoms with Crippen LogP contribution in [0.1, 0.15) is 17.0 Å². The fraction of sp³-hybridized carbons (Fsp3) is 0.304. The normalized spacial score (nSPS) is 13.4. The Hall–Kier alpha value is -2.05. The standard InChI is InChI=1S/C23H32O2Si2/c1-8-20(21-13-17-23(18-14-21)25-27(5,6)7)12-9-19-10-15-22(16-11-19)24-26(2,3)4/h8-18,20H,1H2,2-7H3/b12-9-/i8+1,12+1. The Morgan fingerprint density at radius 3 is 1.59 bits per heavy atom. The lowest BCUT2D eigenvalue weighted by Crippen LogP contribution is -2.29. The number of rotatable bonds is 8. The third-order valence-electron chi connectivity index (χ3n) is 3.74. The van der Waals surface area contributed by atoms with Gasteiger partial charge in [0.05, 0.1) is 0 Å². The van der Waals surface area contributed by atoms with E-state index in [0.717, 1.165) is 17.1 Å². The van der Waals surface area contributed by atoms with Gasteiger partial charge in [-0.2, -0.15) is 0 Å². The zero-order valence-corrected chi connectivity index (χ0v) is 19.5. The van der Waals surface area contributed by atoms with Gasteiger partial charge in [0.15, 0.2) is 0 Å². The van der Waals surface area contributed by atoms with E-state index in [4.69, 9.17) is 8.85 Å². The van der Waals surface area contributed by atoms with Gasteiger partial charge in [0.25, 0.3) is 0 Å². The van der Waals surface area contributed by atoms with Crippen molar-refractivity contribution in [3.05, 3.63) is 78.4 Å². The molecule has 0 spiro atoms. The van der Waals surface area contributed by atoms with Crippen molar-refractivity contribution in [2.24, 2.45) is 0 Å². The van der Waals surface area contributed by atoms with Gasteiger partial charge < -0.3 is 8.85 Å². The monoisotopic (exact) mass is 398 g/mol. The molecule has 2 aromatic rings. The summed E-state index contributed by atoms with van der Waals surface area (Å²) in [7, 11) is -3.13. The molecular weight excluding hydrogens is 366 g/mol. The lowest BCUT2D eigenvalue weighted by atomic mass is 10.1. The van der Waals surface area contributed by atoms with E-state index in [-0.39, 0.29) is 5.92 Å². The highest BCUT2D eigenvalue weighted by molar-refractivity contribution is 6.70. The third kappa shape index (κ3) is 7.61. The minimum absolute atomic E-state index is 0.170. The predicted octanol–water partition coefficient (Wildman–Crippen LogP) is 7.10. The van der Waals surface area contributed by atoms with Crippen molar-refractivity contribution in [1.82, 2.24) is 0 Å². The van der Waals surface area contributed by atoms with Crippen molar-refractivity contribution in [3.63, 3.8) is 0 Å². The molecule has 0 saturated carbocycles. The lowest BCUT2D eigenvalue weighted by Gasteiger charge is -2.19. The molecule has 2 aromatic carbocycles. The molecule has 144 valence electrons. The fourth-order valence-electron chi connectivity index (χ4n) is 2.65. The second-order valence-corrected chi connectivity index (χ2v) is 17.5. The molecular formula is C23H32O2Si2. The van der Waals surface area contributed by atoms with E-state index in [1.54, 1.807) is 0 Å². The second kappa shape index (κ2) is 8.76. The first-order valence-corrected chi connectivity index (χ1v) is 16.3. The number of hydrogen-bond acceptors (Lipinski definition) is 2. The molecule has 0 bridgehead atoms. The molecule has 0 aliphatic carbocycles. The highest BCUT2D eigenvalue weighted by atomic mass is 28.4. The van der Waals surface area contributed by atoms with E-state index in [1.165, 1.54) is 5.56 Å². The smallest absolute Gasteiger partial charge is 0.242 e. The van der Waals surface area contributed by atoms with Crippen LogP contribution < -0.4 is 8.85 Å². The molecule has 0 radical (unpaired) electrons. The fourth-order valence-corrected chi connectivity index (χ4v) is 4.34. The van der Waals surface area contributed by atoms with Gasteiger partial charge in [-0.1, -0.05) is 42.5 Å². The molecule has 0 aliphatic rings. The van der Waals surface area contributed by atoms with Crippen molar-refractivity contribution >= 4 is 22.7 Å². The molecule has 27 heavy (non-hydrogen) atoms. The first-order valence-electron chi connectivity index (χ1n) is 9.44. The van der Waals surface area contributed by atoms with Crippen LogP contribution in [0.3, 0.4) is 0 Å². The highest BCUT2D eigenvalue weighted by Gasteiger charge is 2.17. The molecule has 0 fully saturated rings. The molecule has 0 amide bonds. The van der Waals surface area contributed by atoms with Crippen LogP contribution in [0.2, 0.25) is 39.3 Å². The van der Waals surface area contributed by atoms with Gasteiger partial charge in [-0.25, -0.2) is 0 Å². The van der Waals surface area contributed by atoms with Crippen LogP contribution in [0.4, 0.5) is 0 Å². The minimum Gasteiger partial charge on any atom is -0.544 e. The van der Waals surface area contributed by atoms with Crippen LogP contribution in [0, 0.1) is 0 Å². The summed E-state index contributed by atoms with van der Waals surface area (Å²) in [5.41, 5.74) is 2.37. The number of allylic oxidation sites excluding steroid dienone is 2. The molecule has 0 heterocycles. The van der Waals surface area contributed by atoms with Crippen molar-refractivity contribution in [2.75, 3.05) is 0 Å². The van der Waals surface area contributed by atoms with E-state index in [0.29, 0.717) is 0 Å². The van der Waals surface area contributed by atoms with Crippen molar-refractivity contribution in [2.45, 2.75) is 45.2 Å². The Bertz CT molecular complexity index is 764. The molecule has 1 unspecified atom stereocenters. The predicted molar refractivity (Wildman–Crippen MR) is 123 cm³/mol. The molecule has 2 rings (SSSR count). The summed E-state index contributed by atoms with van der Waals surface area (Å²) in [5.74, 6) is 2.07. The quantitative estimate of drug-likeness (QED) is 0.268. The Morgan fingerprint density at radius 2 is 1.19 bits per heavy atom. The molecule has 0 aliphatic heterocycles. The van der Waals surface area contributed by atoms with Gasteiger partial charge in [0.2, 0.25) is 16.6 Å². The van der Waals surface area contributed by atoms with Gasteiger partial charge in [-0.15, -0.1) is 6.58 Å². The zero-order valence-electron chi connectivity index (χ0n) is 17.5. The van der Waals surface area contributed by atoms with Gasteiger partial charge in [-0.05, 0) is 74.7 Å². The Balaban J connectivity index is 2.06. The first-order chi connectivity index (χ1) is 12.6. The third-order valence-corrected chi connectivity index (χ3v) is 5.44. The molecule has 2 nitrogen and oxygen atoms in total. The van der Waals surface area contributed by atoms with Gasteiger partial charge in [0, 0.05) is 5.92 Å². The first kappa shape index (κ1) is 21.3. The van der Waals surface area contributed by atoms with E-state index in [1.807, 2.05) is 18.2 Å². The van der Waals surface area contributed by atoms with Crippen LogP contribution in [0.25, 0.3) is 6.08 Å². The molecule has 0 N–H and O–H groups in total. The van der Waals surface area contributed by atoms with Crippen LogP contribution in [0.15, 0.2) is 67.3 Å². The molecule has 1 atom stereocenters. The summed E-state index contributed by atoms with van der Waals surface area (Å²) in [6, 6.07) is 16.6. The molecule has 0 aromatic heterocycles. The van der Waals surface area contributed by atoms with Gasteiger partial charge in [0.1, 0.15) is 11.5 Å². The Kier molecular flexibility index (Phi) is 6.90. The summed E-state index contributed by atoms with van der Waals surface area (Å²) in [6.45, 7) is 17.1. The number of benzene rings is 2. The van der Waals surface area contributed by atoms with E-state index >= 15 is 0 Å². The maximum Gasteiger partial charge on any atom is 0.242 e.